The van der Waals surface area contributed by atoms with Crippen LogP contribution in [0.1, 0.15) is 41.7 Å². The summed E-state index contributed by atoms with van der Waals surface area (Å²) in [6.07, 6.45) is 10.8. The Labute approximate surface area is 179 Å². The minimum atomic E-state index is -0.955. The number of nitrogens with one attached hydrogen (secondary N) is 1. The lowest BCUT2D eigenvalue weighted by atomic mass is 9.99. The number of nitrogens with zero attached hydrogens (tertiary/aromatic N) is 2. The lowest BCUT2D eigenvalue weighted by molar-refractivity contribution is -0.302. The van der Waals surface area contributed by atoms with Crippen LogP contribution >= 0.6 is 11.3 Å². The topological polar surface area (TPSA) is 53.9 Å². The zero-order valence-corrected chi connectivity index (χ0v) is 17.5. The van der Waals surface area contributed by atoms with E-state index in [4.69, 9.17) is 13.9 Å². The second-order valence-corrected chi connectivity index (χ2v) is 8.97. The highest BCUT2D eigenvalue weighted by Crippen LogP contribution is 2.59. The fraction of sp³-hybridized carbons (Fsp3) is 0.391. The molecule has 3 atom stereocenters. The molecular weight excluding hydrogens is 398 g/mol. The van der Waals surface area contributed by atoms with Crippen molar-refractivity contribution >= 4 is 11.3 Å². The summed E-state index contributed by atoms with van der Waals surface area (Å²) in [6.45, 7) is 2.74. The molecule has 6 nitrogen and oxygen atoms in total. The highest BCUT2D eigenvalue weighted by molar-refractivity contribution is 7.10. The largest absolute Gasteiger partial charge is 0.464 e. The highest BCUT2D eigenvalue weighted by atomic mass is 32.1. The lowest BCUT2D eigenvalue weighted by Crippen LogP contribution is -2.50. The molecule has 0 radical (unpaired) electrons. The van der Waals surface area contributed by atoms with Gasteiger partial charge in [-0.15, -0.1) is 11.3 Å². The van der Waals surface area contributed by atoms with Gasteiger partial charge in [-0.05, 0) is 61.2 Å². The van der Waals surface area contributed by atoms with Gasteiger partial charge in [0.15, 0.2) is 11.9 Å². The molecule has 0 aliphatic carbocycles. The second kappa shape index (κ2) is 7.13. The van der Waals surface area contributed by atoms with E-state index >= 15 is 0 Å². The summed E-state index contributed by atoms with van der Waals surface area (Å²) in [4.78, 5) is 9.03. The van der Waals surface area contributed by atoms with Gasteiger partial charge >= 0.3 is 0 Å². The minimum Gasteiger partial charge on any atom is -0.464 e. The monoisotopic (exact) mass is 423 g/mol. The number of hydrogen-bond acceptors (Lipinski definition) is 6. The standard InChI is InChI=1S/C23H25N3O3S/c1-2-13-25(12-1)22(19-9-6-16-27-19)21(18-8-5-11-24-18)28-23(29-22,20-10-7-17-30-20)26-14-3-4-15-26/h1,5-12,16-17,21,24H,2-4,13-15H2. The van der Waals surface area contributed by atoms with E-state index in [2.05, 4.69) is 50.6 Å². The normalized spacial score (nSPS) is 31.9. The highest BCUT2D eigenvalue weighted by Gasteiger charge is 2.66. The maximum atomic E-state index is 7.20. The van der Waals surface area contributed by atoms with Crippen molar-refractivity contribution in [3.05, 3.63) is 82.8 Å². The second-order valence-electron chi connectivity index (χ2n) is 8.02. The molecule has 0 saturated carbocycles. The molecule has 3 aliphatic rings. The van der Waals surface area contributed by atoms with Crippen LogP contribution in [0.3, 0.4) is 0 Å². The maximum Gasteiger partial charge on any atom is 0.271 e. The van der Waals surface area contributed by atoms with Crippen LogP contribution < -0.4 is 0 Å². The molecule has 30 heavy (non-hydrogen) atoms. The summed E-state index contributed by atoms with van der Waals surface area (Å²) >= 11 is 1.68. The Kier molecular flexibility index (Phi) is 4.38. The molecule has 3 aromatic heterocycles. The number of aromatic nitrogens is 1. The number of thiophene rings is 1. The minimum absolute atomic E-state index is 0.385. The first-order valence-corrected chi connectivity index (χ1v) is 11.5. The van der Waals surface area contributed by atoms with E-state index in [-0.39, 0.29) is 6.10 Å². The first-order valence-electron chi connectivity index (χ1n) is 10.6. The van der Waals surface area contributed by atoms with E-state index in [1.165, 1.54) is 0 Å². The average Bonchev–Trinajstić information content (AvgIpc) is 3.64. The molecule has 0 aromatic carbocycles. The summed E-state index contributed by atoms with van der Waals surface area (Å²) in [5, 5.41) is 2.09. The van der Waals surface area contributed by atoms with Crippen molar-refractivity contribution in [2.45, 2.75) is 37.0 Å². The fourth-order valence-electron chi connectivity index (χ4n) is 4.96. The van der Waals surface area contributed by atoms with E-state index in [0.29, 0.717) is 0 Å². The molecule has 6 rings (SSSR count). The van der Waals surface area contributed by atoms with Crippen LogP contribution in [0.25, 0.3) is 0 Å². The van der Waals surface area contributed by atoms with Gasteiger partial charge in [0.1, 0.15) is 0 Å². The van der Waals surface area contributed by atoms with Crippen molar-refractivity contribution < 1.29 is 13.9 Å². The van der Waals surface area contributed by atoms with Crippen molar-refractivity contribution in [3.8, 4) is 0 Å². The molecule has 3 aliphatic heterocycles. The van der Waals surface area contributed by atoms with Crippen molar-refractivity contribution in [1.82, 2.24) is 14.8 Å². The molecule has 3 aromatic rings. The van der Waals surface area contributed by atoms with Crippen LogP contribution in [0, 0.1) is 0 Å². The van der Waals surface area contributed by atoms with Gasteiger partial charge in [-0.25, -0.2) is 4.90 Å². The molecule has 2 fully saturated rings. The van der Waals surface area contributed by atoms with Gasteiger partial charge in [0.2, 0.25) is 5.72 Å². The molecule has 156 valence electrons. The lowest BCUT2D eigenvalue weighted by Gasteiger charge is -2.41. The SMILES string of the molecule is C1=CN(C2(c3ccco3)OC(c3cccs3)(N3CCCC3)OC2c2ccc[nH]2)CC1. The molecule has 1 N–H and O–H groups in total. The summed E-state index contributed by atoms with van der Waals surface area (Å²) in [5.41, 5.74) is 0.0674. The Morgan fingerprint density at radius 2 is 2.00 bits per heavy atom. The number of likely N-dealkylation sites (tertiary alicyclic amines) is 1. The van der Waals surface area contributed by atoms with E-state index in [0.717, 1.165) is 55.2 Å². The van der Waals surface area contributed by atoms with Crippen LogP contribution in [-0.4, -0.2) is 34.4 Å². The zero-order chi connectivity index (χ0) is 20.0. The fourth-order valence-corrected chi connectivity index (χ4v) is 5.79. The first kappa shape index (κ1) is 18.4. The third-order valence-electron chi connectivity index (χ3n) is 6.31. The number of H-pyrrole nitrogens is 1. The van der Waals surface area contributed by atoms with Crippen molar-refractivity contribution in [1.29, 1.82) is 0 Å². The number of aromatic amines is 1. The van der Waals surface area contributed by atoms with Gasteiger partial charge in [-0.3, -0.25) is 4.74 Å². The number of rotatable bonds is 5. The Bertz CT molecular complexity index is 995. The van der Waals surface area contributed by atoms with Crippen molar-refractivity contribution in [3.63, 3.8) is 0 Å². The number of ether oxygens (including phenoxy) is 2. The molecular formula is C23H25N3O3S. The van der Waals surface area contributed by atoms with E-state index in [1.54, 1.807) is 17.6 Å². The summed E-state index contributed by atoms with van der Waals surface area (Å²) in [5.74, 6) is -0.199. The van der Waals surface area contributed by atoms with Crippen molar-refractivity contribution in [2.24, 2.45) is 0 Å². The maximum absolute atomic E-state index is 7.20. The van der Waals surface area contributed by atoms with Gasteiger partial charge in [0.05, 0.1) is 11.1 Å². The molecule has 0 spiro atoms. The summed E-state index contributed by atoms with van der Waals surface area (Å²) in [6, 6.07) is 12.2. The summed E-state index contributed by atoms with van der Waals surface area (Å²) in [7, 11) is 0. The Morgan fingerprint density at radius 3 is 2.67 bits per heavy atom. The molecule has 0 bridgehead atoms. The van der Waals surface area contributed by atoms with Gasteiger partial charge in [-0.1, -0.05) is 12.1 Å². The van der Waals surface area contributed by atoms with E-state index < -0.39 is 11.6 Å². The smallest absolute Gasteiger partial charge is 0.271 e. The molecule has 6 heterocycles. The zero-order valence-electron chi connectivity index (χ0n) is 16.7. The Hall–Kier alpha value is -2.32. The van der Waals surface area contributed by atoms with Crippen LogP contribution in [0.2, 0.25) is 0 Å². The third-order valence-corrected chi connectivity index (χ3v) is 7.25. The quantitative estimate of drug-likeness (QED) is 0.643. The van der Waals surface area contributed by atoms with Gasteiger partial charge in [-0.2, -0.15) is 0 Å². The predicted octanol–water partition coefficient (Wildman–Crippen LogP) is 4.74. The molecule has 2 saturated heterocycles. The first-order chi connectivity index (χ1) is 14.8. The third kappa shape index (κ3) is 2.59. The average molecular weight is 424 g/mol. The Balaban J connectivity index is 1.57. The molecule has 3 unspecified atom stereocenters. The number of furan rings is 1. The van der Waals surface area contributed by atoms with Crippen LogP contribution in [0.15, 0.2) is 70.9 Å². The van der Waals surface area contributed by atoms with Crippen LogP contribution in [0.5, 0.6) is 0 Å². The molecule has 7 heteroatoms. The van der Waals surface area contributed by atoms with Crippen LogP contribution in [0.4, 0.5) is 0 Å². The predicted molar refractivity (Wildman–Crippen MR) is 113 cm³/mol. The van der Waals surface area contributed by atoms with Crippen molar-refractivity contribution in [2.75, 3.05) is 19.6 Å². The van der Waals surface area contributed by atoms with E-state index in [9.17, 15) is 0 Å². The van der Waals surface area contributed by atoms with Crippen LogP contribution in [-0.2, 0) is 21.1 Å². The van der Waals surface area contributed by atoms with Gasteiger partial charge in [0.25, 0.3) is 5.91 Å². The number of hydrogen-bond donors (Lipinski definition) is 1. The van der Waals surface area contributed by atoms with Gasteiger partial charge in [0, 0.05) is 31.5 Å². The molecule has 0 amide bonds. The van der Waals surface area contributed by atoms with E-state index in [1.807, 2.05) is 24.4 Å². The Morgan fingerprint density at radius 1 is 1.07 bits per heavy atom. The summed E-state index contributed by atoms with van der Waals surface area (Å²) < 4.78 is 20.3. The van der Waals surface area contributed by atoms with Gasteiger partial charge < -0.3 is 19.0 Å².